The zero-order chi connectivity index (χ0) is 12.8. The largest absolute Gasteiger partial charge is 0.508 e. The fraction of sp³-hybridized carbons (Fsp3) is 0.625. The highest BCUT2D eigenvalue weighted by Gasteiger charge is 2.21. The van der Waals surface area contributed by atoms with Crippen LogP contribution in [0, 0.1) is 0 Å². The van der Waals surface area contributed by atoms with Gasteiger partial charge in [-0.15, -0.1) is 0 Å². The SMILES string of the molecule is CCCN(CCc1cccc(O)c1)C1CCCC1. The summed E-state index contributed by atoms with van der Waals surface area (Å²) in [6.45, 7) is 4.60. The molecule has 0 heterocycles. The molecule has 18 heavy (non-hydrogen) atoms. The van der Waals surface area contributed by atoms with E-state index in [1.807, 2.05) is 12.1 Å². The Morgan fingerprint density at radius 1 is 1.22 bits per heavy atom. The summed E-state index contributed by atoms with van der Waals surface area (Å²) in [6.07, 6.45) is 7.83. The molecule has 100 valence electrons. The first-order valence-corrected chi connectivity index (χ1v) is 7.31. The Morgan fingerprint density at radius 3 is 2.67 bits per heavy atom. The number of hydrogen-bond donors (Lipinski definition) is 1. The third-order valence-corrected chi connectivity index (χ3v) is 3.95. The number of rotatable bonds is 6. The molecule has 0 bridgehead atoms. The Morgan fingerprint density at radius 2 is 2.00 bits per heavy atom. The fourth-order valence-electron chi connectivity index (χ4n) is 3.02. The highest BCUT2D eigenvalue weighted by atomic mass is 16.3. The predicted octanol–water partition coefficient (Wildman–Crippen LogP) is 3.59. The Labute approximate surface area is 111 Å². The van der Waals surface area contributed by atoms with Gasteiger partial charge in [-0.25, -0.2) is 0 Å². The van der Waals surface area contributed by atoms with Gasteiger partial charge >= 0.3 is 0 Å². The van der Waals surface area contributed by atoms with Crippen molar-refractivity contribution in [3.8, 4) is 5.75 Å². The van der Waals surface area contributed by atoms with Crippen LogP contribution in [0.2, 0.25) is 0 Å². The van der Waals surface area contributed by atoms with Crippen molar-refractivity contribution < 1.29 is 5.11 Å². The molecule has 0 amide bonds. The normalized spacial score (nSPS) is 16.6. The Balaban J connectivity index is 1.88. The molecule has 0 unspecified atom stereocenters. The first-order valence-electron chi connectivity index (χ1n) is 7.31. The third kappa shape index (κ3) is 3.74. The first-order chi connectivity index (χ1) is 8.79. The van der Waals surface area contributed by atoms with Gasteiger partial charge in [-0.1, -0.05) is 31.9 Å². The molecule has 0 saturated heterocycles. The zero-order valence-electron chi connectivity index (χ0n) is 11.4. The molecule has 0 spiro atoms. The van der Waals surface area contributed by atoms with Crippen molar-refractivity contribution in [1.82, 2.24) is 4.90 Å². The molecule has 1 aromatic rings. The number of benzene rings is 1. The van der Waals surface area contributed by atoms with E-state index in [0.717, 1.165) is 19.0 Å². The Kier molecular flexibility index (Phi) is 5.06. The lowest BCUT2D eigenvalue weighted by Crippen LogP contribution is -2.35. The monoisotopic (exact) mass is 247 g/mol. The summed E-state index contributed by atoms with van der Waals surface area (Å²) in [5.74, 6) is 0.385. The average molecular weight is 247 g/mol. The van der Waals surface area contributed by atoms with Crippen molar-refractivity contribution in [3.05, 3.63) is 29.8 Å². The minimum Gasteiger partial charge on any atom is -0.508 e. The van der Waals surface area contributed by atoms with Crippen LogP contribution in [-0.2, 0) is 6.42 Å². The number of hydrogen-bond acceptors (Lipinski definition) is 2. The van der Waals surface area contributed by atoms with Gasteiger partial charge in [-0.05, 0) is 49.9 Å². The molecule has 1 fully saturated rings. The maximum absolute atomic E-state index is 9.48. The van der Waals surface area contributed by atoms with Crippen molar-refractivity contribution in [3.63, 3.8) is 0 Å². The minimum atomic E-state index is 0.385. The second-order valence-electron chi connectivity index (χ2n) is 5.39. The second-order valence-corrected chi connectivity index (χ2v) is 5.39. The van der Waals surface area contributed by atoms with E-state index in [2.05, 4.69) is 17.9 Å². The summed E-state index contributed by atoms with van der Waals surface area (Å²) in [6, 6.07) is 8.48. The molecule has 2 rings (SSSR count). The summed E-state index contributed by atoms with van der Waals surface area (Å²) >= 11 is 0. The molecule has 0 radical (unpaired) electrons. The number of nitrogens with zero attached hydrogens (tertiary/aromatic N) is 1. The molecular formula is C16H25NO. The lowest BCUT2D eigenvalue weighted by atomic mass is 10.1. The van der Waals surface area contributed by atoms with E-state index in [-0.39, 0.29) is 0 Å². The molecular weight excluding hydrogens is 222 g/mol. The zero-order valence-corrected chi connectivity index (χ0v) is 11.4. The standard InChI is InChI=1S/C16H25NO/c1-2-11-17(15-7-3-4-8-15)12-10-14-6-5-9-16(18)13-14/h5-6,9,13,15,18H,2-4,7-8,10-12H2,1H3. The van der Waals surface area contributed by atoms with E-state index >= 15 is 0 Å². The van der Waals surface area contributed by atoms with Gasteiger partial charge in [0.15, 0.2) is 0 Å². The summed E-state index contributed by atoms with van der Waals surface area (Å²) in [7, 11) is 0. The Hall–Kier alpha value is -1.02. The van der Waals surface area contributed by atoms with Gasteiger partial charge in [-0.2, -0.15) is 0 Å². The summed E-state index contributed by atoms with van der Waals surface area (Å²) in [5.41, 5.74) is 1.24. The van der Waals surface area contributed by atoms with Crippen LogP contribution in [-0.4, -0.2) is 29.1 Å². The molecule has 0 aromatic heterocycles. The summed E-state index contributed by atoms with van der Waals surface area (Å²) in [4.78, 5) is 2.65. The van der Waals surface area contributed by atoms with Crippen molar-refractivity contribution in [2.45, 2.75) is 51.5 Å². The highest BCUT2D eigenvalue weighted by molar-refractivity contribution is 5.27. The van der Waals surface area contributed by atoms with Gasteiger partial charge in [0.2, 0.25) is 0 Å². The summed E-state index contributed by atoms with van der Waals surface area (Å²) < 4.78 is 0. The lowest BCUT2D eigenvalue weighted by Gasteiger charge is -2.28. The van der Waals surface area contributed by atoms with Gasteiger partial charge in [0.05, 0.1) is 0 Å². The van der Waals surface area contributed by atoms with E-state index in [1.54, 1.807) is 6.07 Å². The van der Waals surface area contributed by atoms with Gasteiger partial charge in [-0.3, -0.25) is 0 Å². The quantitative estimate of drug-likeness (QED) is 0.830. The molecule has 1 saturated carbocycles. The van der Waals surface area contributed by atoms with Crippen LogP contribution in [0.15, 0.2) is 24.3 Å². The predicted molar refractivity (Wildman–Crippen MR) is 75.9 cm³/mol. The highest BCUT2D eigenvalue weighted by Crippen LogP contribution is 2.24. The van der Waals surface area contributed by atoms with Crippen LogP contribution < -0.4 is 0 Å². The van der Waals surface area contributed by atoms with Gasteiger partial charge < -0.3 is 10.0 Å². The molecule has 1 aromatic carbocycles. The van der Waals surface area contributed by atoms with Crippen molar-refractivity contribution >= 4 is 0 Å². The average Bonchev–Trinajstić information content (AvgIpc) is 2.88. The fourth-order valence-corrected chi connectivity index (χ4v) is 3.02. The van der Waals surface area contributed by atoms with Crippen molar-refractivity contribution in [2.75, 3.05) is 13.1 Å². The first kappa shape index (κ1) is 13.4. The number of phenols is 1. The third-order valence-electron chi connectivity index (χ3n) is 3.95. The topological polar surface area (TPSA) is 23.5 Å². The van der Waals surface area contributed by atoms with E-state index in [9.17, 15) is 5.11 Å². The van der Waals surface area contributed by atoms with Gasteiger partial charge in [0.1, 0.15) is 5.75 Å². The number of phenolic OH excluding ortho intramolecular Hbond substituents is 1. The maximum atomic E-state index is 9.48. The van der Waals surface area contributed by atoms with E-state index < -0.39 is 0 Å². The van der Waals surface area contributed by atoms with Crippen LogP contribution in [0.1, 0.15) is 44.6 Å². The van der Waals surface area contributed by atoms with E-state index in [1.165, 1.54) is 44.2 Å². The molecule has 0 aliphatic heterocycles. The van der Waals surface area contributed by atoms with Crippen LogP contribution in [0.5, 0.6) is 5.75 Å². The van der Waals surface area contributed by atoms with Crippen LogP contribution >= 0.6 is 0 Å². The Bertz CT molecular complexity index is 358. The van der Waals surface area contributed by atoms with Crippen molar-refractivity contribution in [2.24, 2.45) is 0 Å². The molecule has 1 aliphatic carbocycles. The molecule has 2 nitrogen and oxygen atoms in total. The molecule has 2 heteroatoms. The van der Waals surface area contributed by atoms with E-state index in [0.29, 0.717) is 5.75 Å². The molecule has 1 N–H and O–H groups in total. The van der Waals surface area contributed by atoms with Crippen LogP contribution in [0.4, 0.5) is 0 Å². The maximum Gasteiger partial charge on any atom is 0.115 e. The smallest absolute Gasteiger partial charge is 0.115 e. The van der Waals surface area contributed by atoms with Gasteiger partial charge in [0, 0.05) is 12.6 Å². The van der Waals surface area contributed by atoms with E-state index in [4.69, 9.17) is 0 Å². The molecule has 1 aliphatic rings. The minimum absolute atomic E-state index is 0.385. The van der Waals surface area contributed by atoms with Crippen LogP contribution in [0.25, 0.3) is 0 Å². The number of aromatic hydroxyl groups is 1. The van der Waals surface area contributed by atoms with Crippen LogP contribution in [0.3, 0.4) is 0 Å². The molecule has 0 atom stereocenters. The lowest BCUT2D eigenvalue weighted by molar-refractivity contribution is 0.201. The second kappa shape index (κ2) is 6.79. The van der Waals surface area contributed by atoms with Crippen molar-refractivity contribution in [1.29, 1.82) is 0 Å². The van der Waals surface area contributed by atoms with Gasteiger partial charge in [0.25, 0.3) is 0 Å². The summed E-state index contributed by atoms with van der Waals surface area (Å²) in [5, 5.41) is 9.48.